The minimum atomic E-state index is -0.524. The van der Waals surface area contributed by atoms with Crippen LogP contribution in [0.2, 0.25) is 0 Å². The van der Waals surface area contributed by atoms with Crippen molar-refractivity contribution in [2.45, 2.75) is 19.6 Å². The van der Waals surface area contributed by atoms with Crippen molar-refractivity contribution in [1.29, 1.82) is 0 Å². The summed E-state index contributed by atoms with van der Waals surface area (Å²) in [5, 5.41) is 5.48. The van der Waals surface area contributed by atoms with Gasteiger partial charge in [0.05, 0.1) is 12.3 Å². The van der Waals surface area contributed by atoms with E-state index in [-0.39, 0.29) is 18.4 Å². The minimum absolute atomic E-state index is 0.0497. The van der Waals surface area contributed by atoms with E-state index in [1.165, 1.54) is 0 Å². The predicted octanol–water partition coefficient (Wildman–Crippen LogP) is 2.56. The zero-order valence-corrected chi connectivity index (χ0v) is 13.2. The number of anilines is 2. The van der Waals surface area contributed by atoms with E-state index in [1.54, 1.807) is 25.1 Å². The van der Waals surface area contributed by atoms with Crippen LogP contribution in [0.1, 0.15) is 12.5 Å². The molecule has 2 aromatic carbocycles. The van der Waals surface area contributed by atoms with Gasteiger partial charge in [-0.05, 0) is 30.7 Å². The fraction of sp³-hybridized carbons (Fsp3) is 0.222. The van der Waals surface area contributed by atoms with Crippen LogP contribution in [-0.2, 0) is 20.9 Å². The second kappa shape index (κ2) is 7.14. The quantitative estimate of drug-likeness (QED) is 0.885. The molecule has 0 fully saturated rings. The van der Waals surface area contributed by atoms with Gasteiger partial charge in [0.15, 0.2) is 6.10 Å². The number of ether oxygens (including phenoxy) is 2. The Morgan fingerprint density at radius 1 is 1.25 bits per heavy atom. The smallest absolute Gasteiger partial charge is 0.265 e. The van der Waals surface area contributed by atoms with Crippen molar-refractivity contribution in [2.75, 3.05) is 17.2 Å². The number of rotatable bonds is 5. The third-order valence-electron chi connectivity index (χ3n) is 3.54. The Labute approximate surface area is 139 Å². The highest BCUT2D eigenvalue weighted by Gasteiger charge is 2.23. The van der Waals surface area contributed by atoms with E-state index in [0.717, 1.165) is 5.56 Å². The van der Waals surface area contributed by atoms with Crippen LogP contribution in [0.3, 0.4) is 0 Å². The third-order valence-corrected chi connectivity index (χ3v) is 3.54. The lowest BCUT2D eigenvalue weighted by Gasteiger charge is -2.23. The van der Waals surface area contributed by atoms with Gasteiger partial charge in [0.25, 0.3) is 5.91 Å². The number of amides is 2. The first-order valence-electron chi connectivity index (χ1n) is 7.65. The Morgan fingerprint density at radius 2 is 2.04 bits per heavy atom. The van der Waals surface area contributed by atoms with Crippen molar-refractivity contribution in [2.24, 2.45) is 0 Å². The molecule has 0 saturated carbocycles. The summed E-state index contributed by atoms with van der Waals surface area (Å²) >= 11 is 0. The molecule has 0 radical (unpaired) electrons. The first-order chi connectivity index (χ1) is 11.6. The van der Waals surface area contributed by atoms with Crippen LogP contribution in [0.15, 0.2) is 48.5 Å². The molecule has 0 aliphatic carbocycles. The van der Waals surface area contributed by atoms with Gasteiger partial charge >= 0.3 is 0 Å². The van der Waals surface area contributed by atoms with Gasteiger partial charge in [0, 0.05) is 5.69 Å². The second-order valence-electron chi connectivity index (χ2n) is 5.49. The van der Waals surface area contributed by atoms with Crippen LogP contribution in [0.4, 0.5) is 11.4 Å². The van der Waals surface area contributed by atoms with Gasteiger partial charge in [0.1, 0.15) is 12.4 Å². The van der Waals surface area contributed by atoms with Crippen LogP contribution in [-0.4, -0.2) is 24.5 Å². The first-order valence-corrected chi connectivity index (χ1v) is 7.65. The molecule has 1 aliphatic rings. The molecule has 1 aliphatic heterocycles. The van der Waals surface area contributed by atoms with Crippen LogP contribution in [0.5, 0.6) is 5.75 Å². The molecular formula is C18H18N2O4. The first kappa shape index (κ1) is 16.0. The van der Waals surface area contributed by atoms with Crippen molar-refractivity contribution in [3.05, 3.63) is 54.1 Å². The van der Waals surface area contributed by atoms with Gasteiger partial charge < -0.3 is 20.1 Å². The number of hydrogen-bond donors (Lipinski definition) is 2. The normalized spacial score (nSPS) is 15.9. The zero-order chi connectivity index (χ0) is 16.9. The van der Waals surface area contributed by atoms with Crippen molar-refractivity contribution in [3.63, 3.8) is 0 Å². The highest BCUT2D eigenvalue weighted by Crippen LogP contribution is 2.32. The van der Waals surface area contributed by atoms with Crippen LogP contribution < -0.4 is 15.4 Å². The van der Waals surface area contributed by atoms with Gasteiger partial charge in [-0.25, -0.2) is 0 Å². The number of nitrogens with one attached hydrogen (secondary N) is 2. The van der Waals surface area contributed by atoms with Crippen molar-refractivity contribution in [1.82, 2.24) is 0 Å². The van der Waals surface area contributed by atoms with E-state index in [4.69, 9.17) is 9.47 Å². The molecule has 24 heavy (non-hydrogen) atoms. The molecule has 2 amide bonds. The van der Waals surface area contributed by atoms with E-state index in [2.05, 4.69) is 10.6 Å². The SMILES string of the molecule is CC1Oc2ccc(NC(=O)COCc3ccccc3)cc2NC1=O. The third kappa shape index (κ3) is 3.91. The van der Waals surface area contributed by atoms with Crippen LogP contribution in [0.25, 0.3) is 0 Å². The number of carbonyl (C=O) groups excluding carboxylic acids is 2. The topological polar surface area (TPSA) is 76.7 Å². The standard InChI is InChI=1S/C18H18N2O4/c1-12-18(22)20-15-9-14(7-8-16(15)24-12)19-17(21)11-23-10-13-5-3-2-4-6-13/h2-9,12H,10-11H2,1H3,(H,19,21)(H,20,22). The summed E-state index contributed by atoms with van der Waals surface area (Å²) in [6.45, 7) is 2.00. The molecular weight excluding hydrogens is 308 g/mol. The van der Waals surface area contributed by atoms with Gasteiger partial charge in [-0.2, -0.15) is 0 Å². The highest BCUT2D eigenvalue weighted by atomic mass is 16.5. The Bertz CT molecular complexity index is 746. The Morgan fingerprint density at radius 3 is 2.83 bits per heavy atom. The lowest BCUT2D eigenvalue weighted by Crippen LogP contribution is -2.34. The summed E-state index contributed by atoms with van der Waals surface area (Å²) in [4.78, 5) is 23.6. The lowest BCUT2D eigenvalue weighted by molar-refractivity contribution is -0.122. The number of carbonyl (C=O) groups is 2. The average Bonchev–Trinajstić information content (AvgIpc) is 2.57. The Balaban J connectivity index is 1.53. The van der Waals surface area contributed by atoms with E-state index < -0.39 is 6.10 Å². The van der Waals surface area contributed by atoms with Crippen LogP contribution >= 0.6 is 0 Å². The molecule has 0 saturated heterocycles. The van der Waals surface area contributed by atoms with Crippen LogP contribution in [0, 0.1) is 0 Å². The highest BCUT2D eigenvalue weighted by molar-refractivity contribution is 5.99. The molecule has 1 unspecified atom stereocenters. The fourth-order valence-electron chi connectivity index (χ4n) is 2.32. The molecule has 124 valence electrons. The molecule has 0 spiro atoms. The molecule has 1 atom stereocenters. The Kier molecular flexibility index (Phi) is 4.77. The number of fused-ring (bicyclic) bond motifs is 1. The maximum atomic E-state index is 11.9. The number of hydrogen-bond acceptors (Lipinski definition) is 4. The second-order valence-corrected chi connectivity index (χ2v) is 5.49. The molecule has 0 bridgehead atoms. The summed E-state index contributed by atoms with van der Waals surface area (Å²) in [7, 11) is 0. The molecule has 0 aromatic heterocycles. The number of benzene rings is 2. The van der Waals surface area contributed by atoms with E-state index >= 15 is 0 Å². The van der Waals surface area contributed by atoms with Crippen molar-refractivity contribution < 1.29 is 19.1 Å². The zero-order valence-electron chi connectivity index (χ0n) is 13.2. The summed E-state index contributed by atoms with van der Waals surface area (Å²) in [5.74, 6) is 0.111. The molecule has 3 rings (SSSR count). The summed E-state index contributed by atoms with van der Waals surface area (Å²) in [5.41, 5.74) is 2.12. The molecule has 2 N–H and O–H groups in total. The molecule has 6 heteroatoms. The monoisotopic (exact) mass is 326 g/mol. The lowest BCUT2D eigenvalue weighted by atomic mass is 10.2. The average molecular weight is 326 g/mol. The van der Waals surface area contributed by atoms with E-state index in [1.807, 2.05) is 30.3 Å². The van der Waals surface area contributed by atoms with Crippen molar-refractivity contribution in [3.8, 4) is 5.75 Å². The maximum absolute atomic E-state index is 11.9. The van der Waals surface area contributed by atoms with Gasteiger partial charge in [-0.3, -0.25) is 9.59 Å². The summed E-state index contributed by atoms with van der Waals surface area (Å²) in [6.07, 6.45) is -0.524. The molecule has 2 aromatic rings. The maximum Gasteiger partial charge on any atom is 0.265 e. The summed E-state index contributed by atoms with van der Waals surface area (Å²) in [6, 6.07) is 14.7. The van der Waals surface area contributed by atoms with Gasteiger partial charge in [-0.15, -0.1) is 0 Å². The Hall–Kier alpha value is -2.86. The van der Waals surface area contributed by atoms with Gasteiger partial charge in [-0.1, -0.05) is 30.3 Å². The van der Waals surface area contributed by atoms with E-state index in [9.17, 15) is 9.59 Å². The summed E-state index contributed by atoms with van der Waals surface area (Å²) < 4.78 is 10.9. The largest absolute Gasteiger partial charge is 0.479 e. The predicted molar refractivity (Wildman–Crippen MR) is 89.9 cm³/mol. The van der Waals surface area contributed by atoms with E-state index in [0.29, 0.717) is 23.7 Å². The molecule has 1 heterocycles. The van der Waals surface area contributed by atoms with Crippen molar-refractivity contribution >= 4 is 23.2 Å². The molecule has 6 nitrogen and oxygen atoms in total. The minimum Gasteiger partial charge on any atom is -0.479 e. The van der Waals surface area contributed by atoms with Gasteiger partial charge in [0.2, 0.25) is 5.91 Å². The fourth-order valence-corrected chi connectivity index (χ4v) is 2.32.